The van der Waals surface area contributed by atoms with Crippen molar-refractivity contribution in [2.45, 2.75) is 52.2 Å². The molecule has 24 heavy (non-hydrogen) atoms. The molecule has 3 rings (SSSR count). The normalized spacial score (nSPS) is 15.5. The minimum absolute atomic E-state index is 0.0209. The van der Waals surface area contributed by atoms with Crippen LogP contribution in [0.5, 0.6) is 5.75 Å². The number of carbonyl (C=O) groups is 1. The third-order valence-electron chi connectivity index (χ3n) is 4.68. The van der Waals surface area contributed by atoms with Crippen LogP contribution in [-0.4, -0.2) is 12.0 Å². The second kappa shape index (κ2) is 7.08. The van der Waals surface area contributed by atoms with E-state index in [1.165, 1.54) is 29.5 Å². The SMILES string of the molecule is Cc1ccc(O[C@H](C)C(=O)N[C@@H](C)c2ccc3c(c2)CCC3)cc1. The first-order chi connectivity index (χ1) is 11.5. The van der Waals surface area contributed by atoms with Gasteiger partial charge in [0.25, 0.3) is 5.91 Å². The third-order valence-corrected chi connectivity index (χ3v) is 4.68. The number of benzene rings is 2. The van der Waals surface area contributed by atoms with Gasteiger partial charge in [0.2, 0.25) is 0 Å². The lowest BCUT2D eigenvalue weighted by Crippen LogP contribution is -2.37. The van der Waals surface area contributed by atoms with Gasteiger partial charge in [0.1, 0.15) is 5.75 Å². The van der Waals surface area contributed by atoms with Crippen LogP contribution in [0.25, 0.3) is 0 Å². The summed E-state index contributed by atoms with van der Waals surface area (Å²) in [7, 11) is 0. The van der Waals surface area contributed by atoms with Gasteiger partial charge in [0.05, 0.1) is 6.04 Å². The lowest BCUT2D eigenvalue weighted by Gasteiger charge is -2.19. The van der Waals surface area contributed by atoms with Crippen LogP contribution in [-0.2, 0) is 17.6 Å². The monoisotopic (exact) mass is 323 g/mol. The lowest BCUT2D eigenvalue weighted by atomic mass is 10.0. The van der Waals surface area contributed by atoms with Crippen molar-refractivity contribution in [2.24, 2.45) is 0 Å². The lowest BCUT2D eigenvalue weighted by molar-refractivity contribution is -0.127. The molecule has 1 N–H and O–H groups in total. The Balaban J connectivity index is 1.60. The summed E-state index contributed by atoms with van der Waals surface area (Å²) in [4.78, 5) is 12.4. The Morgan fingerprint density at radius 2 is 1.75 bits per heavy atom. The first-order valence-corrected chi connectivity index (χ1v) is 8.68. The van der Waals surface area contributed by atoms with Gasteiger partial charge in [-0.15, -0.1) is 0 Å². The molecule has 0 unspecified atom stereocenters. The topological polar surface area (TPSA) is 38.3 Å². The predicted molar refractivity (Wildman–Crippen MR) is 96.3 cm³/mol. The highest BCUT2D eigenvalue weighted by Crippen LogP contribution is 2.25. The van der Waals surface area contributed by atoms with E-state index >= 15 is 0 Å². The molecule has 1 aliphatic rings. The molecule has 0 bridgehead atoms. The number of carbonyl (C=O) groups excluding carboxylic acids is 1. The molecule has 1 aliphatic carbocycles. The number of fused-ring (bicyclic) bond motifs is 1. The van der Waals surface area contributed by atoms with Gasteiger partial charge in [-0.05, 0) is 68.9 Å². The molecule has 126 valence electrons. The number of amides is 1. The fourth-order valence-electron chi connectivity index (χ4n) is 3.15. The maximum Gasteiger partial charge on any atom is 0.261 e. The Kier molecular flexibility index (Phi) is 4.89. The number of nitrogens with one attached hydrogen (secondary N) is 1. The van der Waals surface area contributed by atoms with E-state index < -0.39 is 6.10 Å². The summed E-state index contributed by atoms with van der Waals surface area (Å²) in [5.74, 6) is 0.622. The summed E-state index contributed by atoms with van der Waals surface area (Å²) in [6.45, 7) is 5.83. The molecule has 2 atom stereocenters. The summed E-state index contributed by atoms with van der Waals surface area (Å²) in [6.07, 6.45) is 3.04. The molecule has 0 radical (unpaired) electrons. The van der Waals surface area contributed by atoms with Crippen LogP contribution in [0.1, 0.15) is 48.6 Å². The van der Waals surface area contributed by atoms with Gasteiger partial charge < -0.3 is 10.1 Å². The van der Waals surface area contributed by atoms with Crippen LogP contribution in [0.15, 0.2) is 42.5 Å². The highest BCUT2D eigenvalue weighted by molar-refractivity contribution is 5.81. The molecular weight excluding hydrogens is 298 g/mol. The fourth-order valence-corrected chi connectivity index (χ4v) is 3.15. The van der Waals surface area contributed by atoms with Crippen molar-refractivity contribution in [1.82, 2.24) is 5.32 Å². The highest BCUT2D eigenvalue weighted by Gasteiger charge is 2.19. The summed E-state index contributed by atoms with van der Waals surface area (Å²) < 4.78 is 5.73. The first kappa shape index (κ1) is 16.6. The van der Waals surface area contributed by atoms with Crippen LogP contribution in [0, 0.1) is 6.92 Å². The minimum atomic E-state index is -0.524. The highest BCUT2D eigenvalue weighted by atomic mass is 16.5. The molecule has 0 aromatic heterocycles. The Morgan fingerprint density at radius 1 is 1.04 bits per heavy atom. The number of ether oxygens (including phenoxy) is 1. The van der Waals surface area contributed by atoms with E-state index in [-0.39, 0.29) is 11.9 Å². The van der Waals surface area contributed by atoms with Crippen molar-refractivity contribution >= 4 is 5.91 Å². The molecule has 1 amide bonds. The Morgan fingerprint density at radius 3 is 2.50 bits per heavy atom. The second-order valence-electron chi connectivity index (χ2n) is 6.69. The maximum absolute atomic E-state index is 12.4. The molecule has 2 aromatic carbocycles. The van der Waals surface area contributed by atoms with Gasteiger partial charge in [-0.1, -0.05) is 35.9 Å². The zero-order valence-electron chi connectivity index (χ0n) is 14.6. The molecule has 0 saturated carbocycles. The molecule has 0 fully saturated rings. The van der Waals surface area contributed by atoms with Gasteiger partial charge in [-0.2, -0.15) is 0 Å². The van der Waals surface area contributed by atoms with Crippen molar-refractivity contribution in [2.75, 3.05) is 0 Å². The zero-order chi connectivity index (χ0) is 17.1. The molecular formula is C21H25NO2. The van der Waals surface area contributed by atoms with E-state index in [9.17, 15) is 4.79 Å². The second-order valence-corrected chi connectivity index (χ2v) is 6.69. The average molecular weight is 323 g/mol. The Hall–Kier alpha value is -2.29. The predicted octanol–water partition coefficient (Wildman–Crippen LogP) is 4.13. The van der Waals surface area contributed by atoms with Gasteiger partial charge >= 0.3 is 0 Å². The summed E-state index contributed by atoms with van der Waals surface area (Å²) in [6, 6.07) is 14.3. The number of hydrogen-bond acceptors (Lipinski definition) is 2. The molecule has 3 heteroatoms. The van der Waals surface area contributed by atoms with Crippen molar-refractivity contribution < 1.29 is 9.53 Å². The zero-order valence-corrected chi connectivity index (χ0v) is 14.6. The van der Waals surface area contributed by atoms with E-state index in [1.54, 1.807) is 6.92 Å². The number of hydrogen-bond donors (Lipinski definition) is 1. The van der Waals surface area contributed by atoms with Crippen LogP contribution in [0.2, 0.25) is 0 Å². The Bertz CT molecular complexity index is 721. The third kappa shape index (κ3) is 3.78. The van der Waals surface area contributed by atoms with E-state index in [0.717, 1.165) is 12.0 Å². The Labute approximate surface area is 144 Å². The van der Waals surface area contributed by atoms with Crippen LogP contribution in [0.4, 0.5) is 0 Å². The average Bonchev–Trinajstić information content (AvgIpc) is 3.04. The van der Waals surface area contributed by atoms with Crippen molar-refractivity contribution in [3.63, 3.8) is 0 Å². The maximum atomic E-state index is 12.4. The van der Waals surface area contributed by atoms with E-state index in [0.29, 0.717) is 5.75 Å². The van der Waals surface area contributed by atoms with Crippen molar-refractivity contribution in [3.8, 4) is 5.75 Å². The van der Waals surface area contributed by atoms with Crippen molar-refractivity contribution in [1.29, 1.82) is 0 Å². The minimum Gasteiger partial charge on any atom is -0.481 e. The largest absolute Gasteiger partial charge is 0.481 e. The summed E-state index contributed by atoms with van der Waals surface area (Å²) in [5, 5.41) is 3.05. The van der Waals surface area contributed by atoms with E-state index in [2.05, 4.69) is 23.5 Å². The van der Waals surface area contributed by atoms with Gasteiger partial charge in [0, 0.05) is 0 Å². The summed E-state index contributed by atoms with van der Waals surface area (Å²) in [5.41, 5.74) is 5.21. The number of rotatable bonds is 5. The van der Waals surface area contributed by atoms with Gasteiger partial charge in [-0.3, -0.25) is 4.79 Å². The van der Waals surface area contributed by atoms with Crippen LogP contribution >= 0.6 is 0 Å². The molecule has 0 aliphatic heterocycles. The quantitative estimate of drug-likeness (QED) is 0.898. The standard InChI is InChI=1S/C21H25NO2/c1-14-7-11-20(12-8-14)24-16(3)21(23)22-15(2)18-10-9-17-5-4-6-19(17)13-18/h7-13,15-16H,4-6H2,1-3H3,(H,22,23)/t15-,16+/m0/s1. The van der Waals surface area contributed by atoms with E-state index in [4.69, 9.17) is 4.74 Å². The first-order valence-electron chi connectivity index (χ1n) is 8.68. The van der Waals surface area contributed by atoms with Gasteiger partial charge in [-0.25, -0.2) is 0 Å². The molecule has 0 saturated heterocycles. The molecule has 2 aromatic rings. The number of aryl methyl sites for hydroxylation is 3. The fraction of sp³-hybridized carbons (Fsp3) is 0.381. The summed E-state index contributed by atoms with van der Waals surface area (Å²) >= 11 is 0. The van der Waals surface area contributed by atoms with Crippen LogP contribution in [0.3, 0.4) is 0 Å². The van der Waals surface area contributed by atoms with Gasteiger partial charge in [0.15, 0.2) is 6.10 Å². The molecule has 3 nitrogen and oxygen atoms in total. The molecule has 0 spiro atoms. The smallest absolute Gasteiger partial charge is 0.261 e. The van der Waals surface area contributed by atoms with Crippen molar-refractivity contribution in [3.05, 3.63) is 64.7 Å². The van der Waals surface area contributed by atoms with Crippen LogP contribution < -0.4 is 10.1 Å². The molecule has 0 heterocycles. The van der Waals surface area contributed by atoms with E-state index in [1.807, 2.05) is 38.1 Å².